The molecule has 1 fully saturated rings. The standard InChI is InChI=1S/C14H17N3O3S/c15-11-12-3-5-13(6-4-12)21(19,20)16-8-7-14(18)17-9-1-2-10-17/h3-6,16H,1-2,7-10H2. The third kappa shape index (κ3) is 4.03. The van der Waals surface area contributed by atoms with Gasteiger partial charge >= 0.3 is 0 Å². The minimum Gasteiger partial charge on any atom is -0.343 e. The van der Waals surface area contributed by atoms with E-state index in [1.807, 2.05) is 6.07 Å². The molecule has 1 aromatic carbocycles. The van der Waals surface area contributed by atoms with Gasteiger partial charge in [0.25, 0.3) is 0 Å². The van der Waals surface area contributed by atoms with Gasteiger partial charge in [-0.3, -0.25) is 4.79 Å². The first kappa shape index (κ1) is 15.5. The molecule has 21 heavy (non-hydrogen) atoms. The number of carbonyl (C=O) groups excluding carboxylic acids is 1. The quantitative estimate of drug-likeness (QED) is 0.873. The summed E-state index contributed by atoms with van der Waals surface area (Å²) in [6, 6.07) is 7.58. The van der Waals surface area contributed by atoms with Gasteiger partial charge in [-0.05, 0) is 37.1 Å². The zero-order valence-corrected chi connectivity index (χ0v) is 12.4. The number of hydrogen-bond acceptors (Lipinski definition) is 4. The summed E-state index contributed by atoms with van der Waals surface area (Å²) in [7, 11) is -3.63. The number of hydrogen-bond donors (Lipinski definition) is 1. The fourth-order valence-electron chi connectivity index (χ4n) is 2.21. The van der Waals surface area contributed by atoms with Gasteiger partial charge in [-0.1, -0.05) is 0 Å². The second-order valence-corrected chi connectivity index (χ2v) is 6.64. The van der Waals surface area contributed by atoms with Gasteiger partial charge in [-0.15, -0.1) is 0 Å². The van der Waals surface area contributed by atoms with Crippen molar-refractivity contribution in [1.82, 2.24) is 9.62 Å². The highest BCUT2D eigenvalue weighted by Crippen LogP contribution is 2.11. The van der Waals surface area contributed by atoms with Crippen molar-refractivity contribution in [3.63, 3.8) is 0 Å². The van der Waals surface area contributed by atoms with Crippen LogP contribution in [0.1, 0.15) is 24.8 Å². The zero-order chi connectivity index (χ0) is 15.3. The van der Waals surface area contributed by atoms with E-state index in [-0.39, 0.29) is 23.8 Å². The summed E-state index contributed by atoms with van der Waals surface area (Å²) in [5.74, 6) is -0.0185. The molecule has 1 aliphatic heterocycles. The van der Waals surface area contributed by atoms with E-state index in [9.17, 15) is 13.2 Å². The third-order valence-corrected chi connectivity index (χ3v) is 4.86. The SMILES string of the molecule is N#Cc1ccc(S(=O)(=O)NCCC(=O)N2CCCC2)cc1. The number of sulfonamides is 1. The molecule has 0 aliphatic carbocycles. The first-order chi connectivity index (χ1) is 10.0. The average Bonchev–Trinajstić information content (AvgIpc) is 3.01. The van der Waals surface area contributed by atoms with Crippen LogP contribution in [0.25, 0.3) is 0 Å². The van der Waals surface area contributed by atoms with Crippen LogP contribution in [0.5, 0.6) is 0 Å². The second-order valence-electron chi connectivity index (χ2n) is 4.87. The zero-order valence-electron chi connectivity index (χ0n) is 11.6. The maximum Gasteiger partial charge on any atom is 0.240 e. The van der Waals surface area contributed by atoms with Crippen molar-refractivity contribution in [2.75, 3.05) is 19.6 Å². The molecule has 0 atom stereocenters. The van der Waals surface area contributed by atoms with Gasteiger partial charge in [-0.2, -0.15) is 5.26 Å². The Hall–Kier alpha value is -1.91. The maximum atomic E-state index is 12.0. The van der Waals surface area contributed by atoms with E-state index in [1.54, 1.807) is 4.90 Å². The number of carbonyl (C=O) groups is 1. The van der Waals surface area contributed by atoms with Gasteiger partial charge in [0.1, 0.15) is 0 Å². The number of benzene rings is 1. The van der Waals surface area contributed by atoms with Crippen molar-refractivity contribution in [1.29, 1.82) is 5.26 Å². The van der Waals surface area contributed by atoms with Gasteiger partial charge in [-0.25, -0.2) is 13.1 Å². The van der Waals surface area contributed by atoms with Crippen LogP contribution in [0.2, 0.25) is 0 Å². The van der Waals surface area contributed by atoms with E-state index in [1.165, 1.54) is 24.3 Å². The first-order valence-electron chi connectivity index (χ1n) is 6.80. The predicted molar refractivity (Wildman–Crippen MR) is 76.8 cm³/mol. The second kappa shape index (κ2) is 6.70. The summed E-state index contributed by atoms with van der Waals surface area (Å²) < 4.78 is 26.4. The Morgan fingerprint density at radius 1 is 1.24 bits per heavy atom. The lowest BCUT2D eigenvalue weighted by atomic mass is 10.2. The monoisotopic (exact) mass is 307 g/mol. The molecule has 0 bridgehead atoms. The van der Waals surface area contributed by atoms with Gasteiger partial charge in [0.2, 0.25) is 15.9 Å². The van der Waals surface area contributed by atoms with E-state index < -0.39 is 10.0 Å². The number of nitriles is 1. The van der Waals surface area contributed by atoms with Crippen LogP contribution in [0, 0.1) is 11.3 Å². The molecule has 6 nitrogen and oxygen atoms in total. The van der Waals surface area contributed by atoms with Gasteiger partial charge < -0.3 is 4.90 Å². The number of rotatable bonds is 5. The van der Waals surface area contributed by atoms with Crippen molar-refractivity contribution < 1.29 is 13.2 Å². The van der Waals surface area contributed by atoms with Crippen molar-refractivity contribution >= 4 is 15.9 Å². The van der Waals surface area contributed by atoms with E-state index in [4.69, 9.17) is 5.26 Å². The lowest BCUT2D eigenvalue weighted by Crippen LogP contribution is -2.32. The summed E-state index contributed by atoms with van der Waals surface area (Å²) in [5.41, 5.74) is 0.401. The highest BCUT2D eigenvalue weighted by molar-refractivity contribution is 7.89. The molecular weight excluding hydrogens is 290 g/mol. The Morgan fingerprint density at radius 2 is 1.86 bits per heavy atom. The van der Waals surface area contributed by atoms with Crippen LogP contribution in [0.15, 0.2) is 29.2 Å². The van der Waals surface area contributed by atoms with Crippen LogP contribution in [0.3, 0.4) is 0 Å². The lowest BCUT2D eigenvalue weighted by molar-refractivity contribution is -0.129. The van der Waals surface area contributed by atoms with Crippen molar-refractivity contribution in [3.05, 3.63) is 29.8 Å². The van der Waals surface area contributed by atoms with E-state index in [2.05, 4.69) is 4.72 Å². The fraction of sp³-hybridized carbons (Fsp3) is 0.429. The van der Waals surface area contributed by atoms with E-state index >= 15 is 0 Å². The molecule has 7 heteroatoms. The average molecular weight is 307 g/mol. The fourth-order valence-corrected chi connectivity index (χ4v) is 3.24. The molecule has 2 rings (SSSR count). The highest BCUT2D eigenvalue weighted by Gasteiger charge is 2.19. The number of nitrogens with zero attached hydrogens (tertiary/aromatic N) is 2. The maximum absolute atomic E-state index is 12.0. The molecule has 1 aliphatic rings. The number of amides is 1. The normalized spacial score (nSPS) is 14.9. The van der Waals surface area contributed by atoms with Gasteiger partial charge in [0.05, 0.1) is 16.5 Å². The van der Waals surface area contributed by atoms with Crippen molar-refractivity contribution in [3.8, 4) is 6.07 Å². The molecule has 1 heterocycles. The summed E-state index contributed by atoms with van der Waals surface area (Å²) in [6.45, 7) is 1.61. The van der Waals surface area contributed by atoms with Crippen LogP contribution >= 0.6 is 0 Å². The Balaban J connectivity index is 1.88. The van der Waals surface area contributed by atoms with Gasteiger partial charge in [0.15, 0.2) is 0 Å². The Bertz CT molecular complexity index is 641. The molecule has 0 aromatic heterocycles. The van der Waals surface area contributed by atoms with Crippen LogP contribution < -0.4 is 4.72 Å². The summed E-state index contributed by atoms with van der Waals surface area (Å²) in [5, 5.41) is 8.68. The molecule has 0 saturated carbocycles. The number of nitrogens with one attached hydrogen (secondary N) is 1. The first-order valence-corrected chi connectivity index (χ1v) is 8.29. The molecule has 0 radical (unpaired) electrons. The minimum atomic E-state index is -3.63. The van der Waals surface area contributed by atoms with Crippen LogP contribution in [-0.2, 0) is 14.8 Å². The molecule has 0 spiro atoms. The van der Waals surface area contributed by atoms with Gasteiger partial charge in [0, 0.05) is 26.1 Å². The smallest absolute Gasteiger partial charge is 0.240 e. The molecule has 1 N–H and O–H groups in total. The third-order valence-electron chi connectivity index (χ3n) is 3.38. The molecule has 1 saturated heterocycles. The lowest BCUT2D eigenvalue weighted by Gasteiger charge is -2.15. The summed E-state index contributed by atoms with van der Waals surface area (Å²) >= 11 is 0. The topological polar surface area (TPSA) is 90.3 Å². The molecular formula is C14H17N3O3S. The van der Waals surface area contributed by atoms with E-state index in [0.29, 0.717) is 5.56 Å². The Kier molecular flexibility index (Phi) is 4.94. The van der Waals surface area contributed by atoms with Crippen LogP contribution in [0.4, 0.5) is 0 Å². The van der Waals surface area contributed by atoms with Crippen molar-refractivity contribution in [2.24, 2.45) is 0 Å². The summed E-state index contributed by atoms with van der Waals surface area (Å²) in [6.07, 6.45) is 2.20. The number of likely N-dealkylation sites (tertiary alicyclic amines) is 1. The Labute approximate surface area is 124 Å². The largest absolute Gasteiger partial charge is 0.343 e. The minimum absolute atomic E-state index is 0.0185. The molecule has 1 aromatic rings. The molecule has 0 unspecified atom stereocenters. The predicted octanol–water partition coefficient (Wildman–Crippen LogP) is 0.849. The molecule has 112 valence electrons. The molecule has 1 amide bonds. The highest BCUT2D eigenvalue weighted by atomic mass is 32.2. The van der Waals surface area contributed by atoms with E-state index in [0.717, 1.165) is 25.9 Å². The summed E-state index contributed by atoms with van der Waals surface area (Å²) in [4.78, 5) is 13.7. The Morgan fingerprint density at radius 3 is 2.43 bits per heavy atom. The van der Waals surface area contributed by atoms with Crippen molar-refractivity contribution in [2.45, 2.75) is 24.2 Å². The van der Waals surface area contributed by atoms with Crippen LogP contribution in [-0.4, -0.2) is 38.9 Å².